The van der Waals surface area contributed by atoms with Crippen molar-refractivity contribution in [1.29, 1.82) is 0 Å². The van der Waals surface area contributed by atoms with E-state index >= 15 is 0 Å². The third-order valence-electron chi connectivity index (χ3n) is 2.56. The summed E-state index contributed by atoms with van der Waals surface area (Å²) in [5.41, 5.74) is 0. The van der Waals surface area contributed by atoms with Crippen LogP contribution in [-0.4, -0.2) is 12.1 Å². The van der Waals surface area contributed by atoms with E-state index in [-0.39, 0.29) is 0 Å². The lowest BCUT2D eigenvalue weighted by molar-refractivity contribution is -0.141. The number of hydrogen-bond donors (Lipinski definition) is 0. The Balaban J connectivity index is 2.00. The van der Waals surface area contributed by atoms with Gasteiger partial charge in [0.2, 0.25) is 0 Å². The maximum absolute atomic E-state index is 11.9. The largest absolute Gasteiger partial charge is 0.477 e. The maximum Gasteiger partial charge on any atom is 0.352 e. The molecule has 0 spiro atoms. The van der Waals surface area contributed by atoms with Gasteiger partial charge in [-0.2, -0.15) is 0 Å². The van der Waals surface area contributed by atoms with Crippen molar-refractivity contribution in [2.75, 3.05) is 0 Å². The summed E-state index contributed by atoms with van der Waals surface area (Å²) in [5, 5.41) is 1.38. The Morgan fingerprint density at radius 3 is 2.24 bits per heavy atom. The molecular weight excluding hydrogens is 335 g/mol. The predicted octanol–water partition coefficient (Wildman–Crippen LogP) is 5.02. The van der Waals surface area contributed by atoms with Gasteiger partial charge in [0.05, 0.1) is 5.02 Å². The van der Waals surface area contributed by atoms with Crippen LogP contribution >= 0.6 is 34.8 Å². The number of ether oxygens (including phenoxy) is 2. The first-order valence-corrected chi connectivity index (χ1v) is 7.18. The monoisotopic (exact) mass is 344 g/mol. The predicted molar refractivity (Wildman–Crippen MR) is 83.6 cm³/mol. The van der Waals surface area contributed by atoms with Crippen LogP contribution in [0.3, 0.4) is 0 Å². The van der Waals surface area contributed by atoms with Crippen molar-refractivity contribution >= 4 is 40.8 Å². The molecule has 2 aromatic carbocycles. The van der Waals surface area contributed by atoms with E-state index in [0.29, 0.717) is 26.6 Å². The van der Waals surface area contributed by atoms with Crippen LogP contribution in [0, 0.1) is 0 Å². The van der Waals surface area contributed by atoms with E-state index in [4.69, 9.17) is 44.3 Å². The number of rotatable bonds is 4. The zero-order chi connectivity index (χ0) is 15.4. The lowest BCUT2D eigenvalue weighted by atomic mass is 10.3. The number of carbonyl (C=O) groups is 1. The highest BCUT2D eigenvalue weighted by Crippen LogP contribution is 2.28. The molecule has 0 heterocycles. The van der Waals surface area contributed by atoms with Crippen LogP contribution in [-0.2, 0) is 4.79 Å². The molecular formula is C15H11Cl3O3. The Labute approximate surface area is 137 Å². The molecule has 0 aromatic heterocycles. The van der Waals surface area contributed by atoms with Gasteiger partial charge < -0.3 is 9.47 Å². The van der Waals surface area contributed by atoms with Gasteiger partial charge in [0.1, 0.15) is 11.5 Å². The second-order valence-corrected chi connectivity index (χ2v) is 5.49. The first-order chi connectivity index (χ1) is 9.95. The average Bonchev–Trinajstić information content (AvgIpc) is 2.44. The molecule has 21 heavy (non-hydrogen) atoms. The zero-order valence-corrected chi connectivity index (χ0v) is 13.2. The van der Waals surface area contributed by atoms with Crippen LogP contribution in [0.5, 0.6) is 11.5 Å². The lowest BCUT2D eigenvalue weighted by Gasteiger charge is -2.15. The second kappa shape index (κ2) is 7.03. The second-order valence-electron chi connectivity index (χ2n) is 4.21. The minimum absolute atomic E-state index is 0.327. The molecule has 110 valence electrons. The summed E-state index contributed by atoms with van der Waals surface area (Å²) in [5.74, 6) is 0.215. The van der Waals surface area contributed by atoms with E-state index in [1.54, 1.807) is 43.3 Å². The highest BCUT2D eigenvalue weighted by molar-refractivity contribution is 6.35. The fraction of sp³-hybridized carbons (Fsp3) is 0.133. The molecule has 1 unspecified atom stereocenters. The molecule has 2 rings (SSSR count). The molecule has 0 N–H and O–H groups in total. The van der Waals surface area contributed by atoms with Crippen LogP contribution in [0.2, 0.25) is 15.1 Å². The lowest BCUT2D eigenvalue weighted by Crippen LogP contribution is -2.28. The smallest absolute Gasteiger partial charge is 0.352 e. The van der Waals surface area contributed by atoms with Gasteiger partial charge in [-0.15, -0.1) is 0 Å². The van der Waals surface area contributed by atoms with Gasteiger partial charge in [0.15, 0.2) is 6.10 Å². The number of esters is 1. The van der Waals surface area contributed by atoms with Crippen LogP contribution in [0.1, 0.15) is 6.92 Å². The molecule has 0 aliphatic carbocycles. The average molecular weight is 346 g/mol. The summed E-state index contributed by atoms with van der Waals surface area (Å²) in [7, 11) is 0. The molecule has 3 nitrogen and oxygen atoms in total. The Hall–Kier alpha value is -1.42. The first kappa shape index (κ1) is 16.0. The molecule has 2 aromatic rings. The fourth-order valence-electron chi connectivity index (χ4n) is 1.51. The van der Waals surface area contributed by atoms with Gasteiger partial charge in [-0.3, -0.25) is 0 Å². The van der Waals surface area contributed by atoms with Gasteiger partial charge in [0, 0.05) is 10.0 Å². The fourth-order valence-corrected chi connectivity index (χ4v) is 2.09. The van der Waals surface area contributed by atoms with Crippen molar-refractivity contribution in [1.82, 2.24) is 0 Å². The number of carbonyl (C=O) groups excluding carboxylic acids is 1. The summed E-state index contributed by atoms with van der Waals surface area (Å²) in [6, 6.07) is 11.2. The van der Waals surface area contributed by atoms with Crippen molar-refractivity contribution < 1.29 is 14.3 Å². The number of halogens is 3. The SMILES string of the molecule is CC(Oc1ccc(Cl)cc1Cl)C(=O)Oc1ccc(Cl)cc1. The van der Waals surface area contributed by atoms with Gasteiger partial charge in [-0.25, -0.2) is 4.79 Å². The standard InChI is InChI=1S/C15H11Cl3O3/c1-9(20-14-7-4-11(17)8-13(14)18)15(19)21-12-5-2-10(16)3-6-12/h2-9H,1H3. The minimum atomic E-state index is -0.820. The first-order valence-electron chi connectivity index (χ1n) is 6.04. The highest BCUT2D eigenvalue weighted by atomic mass is 35.5. The van der Waals surface area contributed by atoms with E-state index in [1.165, 1.54) is 6.07 Å². The molecule has 0 saturated carbocycles. The third kappa shape index (κ3) is 4.53. The van der Waals surface area contributed by atoms with Crippen LogP contribution < -0.4 is 9.47 Å². The normalized spacial score (nSPS) is 11.8. The van der Waals surface area contributed by atoms with Crippen molar-refractivity contribution in [2.45, 2.75) is 13.0 Å². The topological polar surface area (TPSA) is 35.5 Å². The molecule has 0 fully saturated rings. The summed E-state index contributed by atoms with van der Waals surface area (Å²) in [6.07, 6.45) is -0.820. The maximum atomic E-state index is 11.9. The summed E-state index contributed by atoms with van der Waals surface area (Å²) >= 11 is 17.5. The molecule has 0 radical (unpaired) electrons. The molecule has 0 bridgehead atoms. The highest BCUT2D eigenvalue weighted by Gasteiger charge is 2.18. The van der Waals surface area contributed by atoms with E-state index in [1.807, 2.05) is 0 Å². The zero-order valence-electron chi connectivity index (χ0n) is 11.0. The summed E-state index contributed by atoms with van der Waals surface area (Å²) in [6.45, 7) is 1.57. The molecule has 0 aliphatic rings. The van der Waals surface area contributed by atoms with Crippen LogP contribution in [0.25, 0.3) is 0 Å². The molecule has 0 saturated heterocycles. The van der Waals surface area contributed by atoms with E-state index in [0.717, 1.165) is 0 Å². The van der Waals surface area contributed by atoms with E-state index in [9.17, 15) is 4.79 Å². The van der Waals surface area contributed by atoms with Crippen LogP contribution in [0.15, 0.2) is 42.5 Å². The molecule has 6 heteroatoms. The Morgan fingerprint density at radius 2 is 1.62 bits per heavy atom. The van der Waals surface area contributed by atoms with E-state index in [2.05, 4.69) is 0 Å². The van der Waals surface area contributed by atoms with Crippen molar-refractivity contribution in [3.05, 3.63) is 57.5 Å². The third-order valence-corrected chi connectivity index (χ3v) is 3.34. The number of benzene rings is 2. The summed E-state index contributed by atoms with van der Waals surface area (Å²) < 4.78 is 10.6. The van der Waals surface area contributed by atoms with Crippen molar-refractivity contribution in [3.8, 4) is 11.5 Å². The van der Waals surface area contributed by atoms with Crippen molar-refractivity contribution in [3.63, 3.8) is 0 Å². The van der Waals surface area contributed by atoms with Crippen molar-refractivity contribution in [2.24, 2.45) is 0 Å². The molecule has 0 amide bonds. The van der Waals surface area contributed by atoms with E-state index < -0.39 is 12.1 Å². The van der Waals surface area contributed by atoms with Gasteiger partial charge in [0.25, 0.3) is 0 Å². The quantitative estimate of drug-likeness (QED) is 0.576. The molecule has 0 aliphatic heterocycles. The molecule has 1 atom stereocenters. The Kier molecular flexibility index (Phi) is 5.34. The summed E-state index contributed by atoms with van der Waals surface area (Å²) in [4.78, 5) is 11.9. The van der Waals surface area contributed by atoms with Crippen LogP contribution in [0.4, 0.5) is 0 Å². The van der Waals surface area contributed by atoms with Gasteiger partial charge in [-0.1, -0.05) is 34.8 Å². The number of hydrogen-bond acceptors (Lipinski definition) is 3. The van der Waals surface area contributed by atoms with Gasteiger partial charge >= 0.3 is 5.97 Å². The minimum Gasteiger partial charge on any atom is -0.477 e. The Bertz CT molecular complexity index is 641. The van der Waals surface area contributed by atoms with Gasteiger partial charge in [-0.05, 0) is 49.4 Å². The Morgan fingerprint density at radius 1 is 1.00 bits per heavy atom.